The highest BCUT2D eigenvalue weighted by atomic mass is 19.1. The van der Waals surface area contributed by atoms with E-state index in [9.17, 15) is 4.39 Å². The minimum Gasteiger partial charge on any atom is -0.271 e. The summed E-state index contributed by atoms with van der Waals surface area (Å²) in [5, 5.41) is 0. The molecule has 0 radical (unpaired) electrons. The molecule has 3 N–H and O–H groups in total. The van der Waals surface area contributed by atoms with Crippen LogP contribution in [-0.4, -0.2) is 0 Å². The molecule has 110 valence electrons. The van der Waals surface area contributed by atoms with Gasteiger partial charge in [0.1, 0.15) is 5.82 Å². The van der Waals surface area contributed by atoms with Gasteiger partial charge in [0, 0.05) is 6.04 Å². The summed E-state index contributed by atoms with van der Waals surface area (Å²) in [5.74, 6) is 5.98. The molecule has 2 aromatic carbocycles. The number of aryl methyl sites for hydroxylation is 2. The summed E-state index contributed by atoms with van der Waals surface area (Å²) in [7, 11) is 0. The van der Waals surface area contributed by atoms with Crippen LogP contribution in [0.5, 0.6) is 0 Å². The highest BCUT2D eigenvalue weighted by molar-refractivity contribution is 5.32. The molecule has 0 aromatic heterocycles. The Morgan fingerprint density at radius 2 is 1.95 bits per heavy atom. The van der Waals surface area contributed by atoms with Crippen molar-refractivity contribution < 1.29 is 4.39 Å². The lowest BCUT2D eigenvalue weighted by Gasteiger charge is -2.31. The molecular formula is C18H21FN2. The average Bonchev–Trinajstić information content (AvgIpc) is 2.47. The lowest BCUT2D eigenvalue weighted by atomic mass is 9.78. The minimum atomic E-state index is -0.193. The Morgan fingerprint density at radius 3 is 2.67 bits per heavy atom. The molecule has 0 saturated heterocycles. The summed E-state index contributed by atoms with van der Waals surface area (Å²) in [6.45, 7) is 1.91. The van der Waals surface area contributed by atoms with Gasteiger partial charge < -0.3 is 0 Å². The van der Waals surface area contributed by atoms with Crippen molar-refractivity contribution in [1.29, 1.82) is 0 Å². The summed E-state index contributed by atoms with van der Waals surface area (Å²) in [6, 6.07) is 13.7. The second-order valence-electron chi connectivity index (χ2n) is 5.98. The monoisotopic (exact) mass is 284 g/mol. The van der Waals surface area contributed by atoms with E-state index in [-0.39, 0.29) is 11.9 Å². The van der Waals surface area contributed by atoms with E-state index >= 15 is 0 Å². The Bertz CT molecular complexity index is 619. The zero-order valence-electron chi connectivity index (χ0n) is 12.3. The maximum Gasteiger partial charge on any atom is 0.123 e. The van der Waals surface area contributed by atoms with E-state index in [0.717, 1.165) is 30.4 Å². The molecule has 2 aromatic rings. The number of fused-ring (bicyclic) bond motifs is 1. The molecule has 2 nitrogen and oxygen atoms in total. The van der Waals surface area contributed by atoms with Gasteiger partial charge in [-0.05, 0) is 66.5 Å². The van der Waals surface area contributed by atoms with Crippen LogP contribution < -0.4 is 11.3 Å². The topological polar surface area (TPSA) is 38.0 Å². The summed E-state index contributed by atoms with van der Waals surface area (Å²) in [4.78, 5) is 0. The first kappa shape index (κ1) is 14.2. The molecule has 21 heavy (non-hydrogen) atoms. The first-order chi connectivity index (χ1) is 10.2. The third-order valence-electron chi connectivity index (χ3n) is 4.46. The van der Waals surface area contributed by atoms with Gasteiger partial charge in [0.05, 0.1) is 0 Å². The molecule has 0 amide bonds. The summed E-state index contributed by atoms with van der Waals surface area (Å²) < 4.78 is 13.7. The smallest absolute Gasteiger partial charge is 0.123 e. The number of hydrogen-bond acceptors (Lipinski definition) is 2. The van der Waals surface area contributed by atoms with Crippen LogP contribution in [0.3, 0.4) is 0 Å². The Labute approximate surface area is 125 Å². The van der Waals surface area contributed by atoms with Crippen molar-refractivity contribution in [3.05, 3.63) is 70.5 Å². The van der Waals surface area contributed by atoms with E-state index in [1.54, 1.807) is 12.1 Å². The number of nitrogens with one attached hydrogen (secondary N) is 1. The van der Waals surface area contributed by atoms with Crippen molar-refractivity contribution in [2.75, 3.05) is 0 Å². The van der Waals surface area contributed by atoms with Gasteiger partial charge in [-0.2, -0.15) is 0 Å². The molecule has 0 spiro atoms. The first-order valence-electron chi connectivity index (χ1n) is 7.47. The second kappa shape index (κ2) is 5.96. The molecule has 1 aliphatic carbocycles. The van der Waals surface area contributed by atoms with Gasteiger partial charge in [0.2, 0.25) is 0 Å². The zero-order chi connectivity index (χ0) is 14.8. The molecule has 2 unspecified atom stereocenters. The minimum absolute atomic E-state index is 0.00671. The van der Waals surface area contributed by atoms with E-state index in [1.807, 2.05) is 13.0 Å². The van der Waals surface area contributed by atoms with E-state index < -0.39 is 0 Å². The van der Waals surface area contributed by atoms with Crippen LogP contribution in [0.1, 0.15) is 34.7 Å². The summed E-state index contributed by atoms with van der Waals surface area (Å²) >= 11 is 0. The van der Waals surface area contributed by atoms with Crippen molar-refractivity contribution in [3.63, 3.8) is 0 Å². The molecule has 0 bridgehead atoms. The average molecular weight is 284 g/mol. The highest BCUT2D eigenvalue weighted by Gasteiger charge is 2.27. The zero-order valence-corrected chi connectivity index (χ0v) is 12.3. The fourth-order valence-electron chi connectivity index (χ4n) is 3.46. The van der Waals surface area contributed by atoms with E-state index in [2.05, 4.69) is 29.7 Å². The number of hydrogen-bond donors (Lipinski definition) is 2. The fourth-order valence-corrected chi connectivity index (χ4v) is 3.46. The lowest BCUT2D eigenvalue weighted by Crippen LogP contribution is -2.36. The highest BCUT2D eigenvalue weighted by Crippen LogP contribution is 2.34. The third kappa shape index (κ3) is 2.99. The van der Waals surface area contributed by atoms with Gasteiger partial charge in [-0.1, -0.05) is 30.3 Å². The summed E-state index contributed by atoms with van der Waals surface area (Å²) in [5.41, 5.74) is 7.60. The molecule has 3 rings (SSSR count). The molecule has 2 atom stereocenters. The van der Waals surface area contributed by atoms with E-state index in [0.29, 0.717) is 5.92 Å². The Morgan fingerprint density at radius 1 is 1.19 bits per heavy atom. The van der Waals surface area contributed by atoms with Crippen molar-refractivity contribution in [1.82, 2.24) is 5.43 Å². The SMILES string of the molecule is Cc1cc(F)cc(C(NN)C2CCc3ccccc3C2)c1. The second-order valence-corrected chi connectivity index (χ2v) is 5.98. The molecule has 0 heterocycles. The van der Waals surface area contributed by atoms with Crippen LogP contribution in [0.15, 0.2) is 42.5 Å². The van der Waals surface area contributed by atoms with Gasteiger partial charge in [-0.15, -0.1) is 0 Å². The molecule has 1 aliphatic rings. The molecule has 0 aliphatic heterocycles. The third-order valence-corrected chi connectivity index (χ3v) is 4.46. The predicted octanol–water partition coefficient (Wildman–Crippen LogP) is 3.44. The lowest BCUT2D eigenvalue weighted by molar-refractivity contribution is 0.328. The number of benzene rings is 2. The van der Waals surface area contributed by atoms with Gasteiger partial charge in [0.25, 0.3) is 0 Å². The van der Waals surface area contributed by atoms with Crippen molar-refractivity contribution in [2.45, 2.75) is 32.2 Å². The Kier molecular flexibility index (Phi) is 4.04. The van der Waals surface area contributed by atoms with Crippen LogP contribution in [0.2, 0.25) is 0 Å². The predicted molar refractivity (Wildman–Crippen MR) is 83.2 cm³/mol. The maximum atomic E-state index is 13.7. The standard InChI is InChI=1S/C18H21FN2/c1-12-8-16(11-17(19)9-12)18(21-20)15-7-6-13-4-2-3-5-14(13)10-15/h2-5,8-9,11,15,18,21H,6-7,10,20H2,1H3. The molecule has 3 heteroatoms. The van der Waals surface area contributed by atoms with Crippen molar-refractivity contribution >= 4 is 0 Å². The number of halogens is 1. The van der Waals surface area contributed by atoms with Crippen LogP contribution in [-0.2, 0) is 12.8 Å². The van der Waals surface area contributed by atoms with Gasteiger partial charge in [-0.3, -0.25) is 11.3 Å². The number of rotatable bonds is 3. The van der Waals surface area contributed by atoms with Crippen LogP contribution in [0.25, 0.3) is 0 Å². The quantitative estimate of drug-likeness (QED) is 0.669. The van der Waals surface area contributed by atoms with Gasteiger partial charge >= 0.3 is 0 Å². The maximum absolute atomic E-state index is 13.7. The van der Waals surface area contributed by atoms with Crippen LogP contribution >= 0.6 is 0 Å². The van der Waals surface area contributed by atoms with E-state index in [1.165, 1.54) is 11.1 Å². The molecular weight excluding hydrogens is 263 g/mol. The number of nitrogens with two attached hydrogens (primary N) is 1. The van der Waals surface area contributed by atoms with Crippen molar-refractivity contribution in [2.24, 2.45) is 11.8 Å². The van der Waals surface area contributed by atoms with Gasteiger partial charge in [-0.25, -0.2) is 4.39 Å². The normalized spacial score (nSPS) is 19.1. The van der Waals surface area contributed by atoms with E-state index in [4.69, 9.17) is 5.84 Å². The summed E-state index contributed by atoms with van der Waals surface area (Å²) in [6.07, 6.45) is 3.12. The molecule has 0 saturated carbocycles. The Hall–Kier alpha value is -1.71. The number of hydrazine groups is 1. The van der Waals surface area contributed by atoms with Crippen LogP contribution in [0, 0.1) is 18.7 Å². The van der Waals surface area contributed by atoms with Crippen molar-refractivity contribution in [3.8, 4) is 0 Å². The fraction of sp³-hybridized carbons (Fsp3) is 0.333. The molecule has 0 fully saturated rings. The van der Waals surface area contributed by atoms with Gasteiger partial charge in [0.15, 0.2) is 0 Å². The largest absolute Gasteiger partial charge is 0.271 e. The van der Waals surface area contributed by atoms with Crippen LogP contribution in [0.4, 0.5) is 4.39 Å². The first-order valence-corrected chi connectivity index (χ1v) is 7.47. The Balaban J connectivity index is 1.88.